The zero-order chi connectivity index (χ0) is 15.3. The smallest absolute Gasteiger partial charge is 0.241 e. The Labute approximate surface area is 126 Å². The number of hydrogen-bond donors (Lipinski definition) is 0. The number of nitrogens with zero attached hydrogens (tertiary/aromatic N) is 4. The molecule has 1 aliphatic heterocycles. The van der Waals surface area contributed by atoms with Crippen LogP contribution in [-0.2, 0) is 22.0 Å². The molecule has 1 fully saturated rings. The Kier molecular flexibility index (Phi) is 3.54. The van der Waals surface area contributed by atoms with E-state index < -0.39 is 10.2 Å². The van der Waals surface area contributed by atoms with Crippen LogP contribution in [0.5, 0.6) is 0 Å². The molecular weight excluding hydrogens is 288 g/mol. The van der Waals surface area contributed by atoms with Gasteiger partial charge < -0.3 is 0 Å². The summed E-state index contributed by atoms with van der Waals surface area (Å²) in [5.41, 5.74) is 2.14. The second-order valence-electron chi connectivity index (χ2n) is 6.30. The predicted octanol–water partition coefficient (Wildman–Crippen LogP) is 0.871. The standard InChI is InChI=1S/C14H22N4O2S/c1-11-15-9-12-5-7-14(13(12)16-11)6-4-8-18(10-14)21(19,20)17(2)3/h9H,4-8,10H2,1-3H3. The highest BCUT2D eigenvalue weighted by atomic mass is 32.2. The lowest BCUT2D eigenvalue weighted by atomic mass is 9.78. The van der Waals surface area contributed by atoms with Crippen molar-refractivity contribution in [3.05, 3.63) is 23.3 Å². The molecule has 2 heterocycles. The molecule has 0 saturated carbocycles. The van der Waals surface area contributed by atoms with Crippen LogP contribution < -0.4 is 0 Å². The molecule has 1 spiro atoms. The third-order valence-corrected chi connectivity index (χ3v) is 6.58. The third-order valence-electron chi connectivity index (χ3n) is 4.69. The van der Waals surface area contributed by atoms with Gasteiger partial charge in [0, 0.05) is 38.8 Å². The number of rotatable bonds is 2. The lowest BCUT2D eigenvalue weighted by Crippen LogP contribution is -2.51. The van der Waals surface area contributed by atoms with E-state index in [0.717, 1.165) is 37.2 Å². The van der Waals surface area contributed by atoms with Gasteiger partial charge in [-0.3, -0.25) is 0 Å². The van der Waals surface area contributed by atoms with Crippen LogP contribution in [0.25, 0.3) is 0 Å². The van der Waals surface area contributed by atoms with Gasteiger partial charge in [0.25, 0.3) is 10.2 Å². The summed E-state index contributed by atoms with van der Waals surface area (Å²) < 4.78 is 27.8. The molecule has 0 aromatic carbocycles. The summed E-state index contributed by atoms with van der Waals surface area (Å²) in [4.78, 5) is 8.92. The molecule has 0 bridgehead atoms. The molecule has 1 unspecified atom stereocenters. The van der Waals surface area contributed by atoms with Crippen molar-refractivity contribution in [2.75, 3.05) is 27.2 Å². The summed E-state index contributed by atoms with van der Waals surface area (Å²) in [5.74, 6) is 0.766. The maximum absolute atomic E-state index is 12.4. The largest absolute Gasteiger partial charge is 0.281 e. The maximum atomic E-state index is 12.4. The van der Waals surface area contributed by atoms with E-state index in [2.05, 4.69) is 9.97 Å². The zero-order valence-corrected chi connectivity index (χ0v) is 13.7. The first-order chi connectivity index (χ1) is 9.85. The fourth-order valence-electron chi connectivity index (χ4n) is 3.54. The Morgan fingerprint density at radius 1 is 1.33 bits per heavy atom. The van der Waals surface area contributed by atoms with Crippen molar-refractivity contribution in [2.45, 2.75) is 38.0 Å². The Hall–Kier alpha value is -1.05. The molecule has 0 N–H and O–H groups in total. The van der Waals surface area contributed by atoms with Gasteiger partial charge in [-0.05, 0) is 38.2 Å². The lowest BCUT2D eigenvalue weighted by molar-refractivity contribution is 0.211. The van der Waals surface area contributed by atoms with Crippen LogP contribution in [0.3, 0.4) is 0 Å². The molecule has 2 aliphatic rings. The van der Waals surface area contributed by atoms with E-state index in [1.54, 1.807) is 18.4 Å². The van der Waals surface area contributed by atoms with Crippen molar-refractivity contribution < 1.29 is 8.42 Å². The second-order valence-corrected chi connectivity index (χ2v) is 8.44. The number of fused-ring (bicyclic) bond motifs is 2. The molecule has 1 aromatic heterocycles. The highest BCUT2D eigenvalue weighted by Gasteiger charge is 2.46. The molecule has 116 valence electrons. The van der Waals surface area contributed by atoms with Crippen molar-refractivity contribution in [1.82, 2.24) is 18.6 Å². The first-order valence-electron chi connectivity index (χ1n) is 7.36. The minimum absolute atomic E-state index is 0.121. The number of piperidine rings is 1. The summed E-state index contributed by atoms with van der Waals surface area (Å²) in [6, 6.07) is 0. The molecular formula is C14H22N4O2S. The number of aryl methyl sites for hydroxylation is 2. The molecule has 21 heavy (non-hydrogen) atoms. The normalized spacial score (nSPS) is 26.5. The molecule has 7 heteroatoms. The van der Waals surface area contributed by atoms with Crippen LogP contribution in [0.1, 0.15) is 36.3 Å². The van der Waals surface area contributed by atoms with E-state index in [-0.39, 0.29) is 5.41 Å². The first kappa shape index (κ1) is 14.9. The first-order valence-corrected chi connectivity index (χ1v) is 8.75. The van der Waals surface area contributed by atoms with Crippen molar-refractivity contribution in [2.24, 2.45) is 0 Å². The van der Waals surface area contributed by atoms with Crippen LogP contribution in [0.15, 0.2) is 6.20 Å². The summed E-state index contributed by atoms with van der Waals surface area (Å²) in [6.45, 7) is 3.03. The topological polar surface area (TPSA) is 66.4 Å². The molecule has 3 rings (SSSR count). The summed E-state index contributed by atoms with van der Waals surface area (Å²) in [7, 11) is -0.175. The summed E-state index contributed by atoms with van der Waals surface area (Å²) in [5, 5.41) is 0. The highest BCUT2D eigenvalue weighted by Crippen LogP contribution is 2.44. The molecule has 1 saturated heterocycles. The average Bonchev–Trinajstić information content (AvgIpc) is 2.77. The fourth-order valence-corrected chi connectivity index (χ4v) is 4.78. The van der Waals surface area contributed by atoms with Crippen molar-refractivity contribution >= 4 is 10.2 Å². The third kappa shape index (κ3) is 2.37. The van der Waals surface area contributed by atoms with Gasteiger partial charge in [-0.1, -0.05) is 0 Å². The van der Waals surface area contributed by atoms with Gasteiger partial charge in [0.1, 0.15) is 5.82 Å². The van der Waals surface area contributed by atoms with Gasteiger partial charge in [-0.2, -0.15) is 17.0 Å². The highest BCUT2D eigenvalue weighted by molar-refractivity contribution is 7.86. The van der Waals surface area contributed by atoms with E-state index >= 15 is 0 Å². The predicted molar refractivity (Wildman–Crippen MR) is 80.2 cm³/mol. The molecule has 6 nitrogen and oxygen atoms in total. The minimum Gasteiger partial charge on any atom is -0.241 e. The maximum Gasteiger partial charge on any atom is 0.281 e. The van der Waals surface area contributed by atoms with E-state index in [1.807, 2.05) is 13.1 Å². The van der Waals surface area contributed by atoms with Gasteiger partial charge in [0.05, 0.1) is 5.69 Å². The van der Waals surface area contributed by atoms with E-state index in [9.17, 15) is 8.42 Å². The number of hydrogen-bond acceptors (Lipinski definition) is 4. The Bertz CT molecular complexity index is 655. The molecule has 1 aromatic rings. The molecule has 1 atom stereocenters. The van der Waals surface area contributed by atoms with E-state index in [0.29, 0.717) is 13.1 Å². The van der Waals surface area contributed by atoms with Gasteiger partial charge in [-0.25, -0.2) is 9.97 Å². The summed E-state index contributed by atoms with van der Waals surface area (Å²) in [6.07, 6.45) is 5.72. The van der Waals surface area contributed by atoms with Crippen molar-refractivity contribution in [1.29, 1.82) is 0 Å². The molecule has 0 radical (unpaired) electrons. The molecule has 1 aliphatic carbocycles. The Morgan fingerprint density at radius 2 is 2.10 bits per heavy atom. The van der Waals surface area contributed by atoms with Crippen molar-refractivity contribution in [3.63, 3.8) is 0 Å². The van der Waals surface area contributed by atoms with Crippen molar-refractivity contribution in [3.8, 4) is 0 Å². The average molecular weight is 310 g/mol. The second kappa shape index (κ2) is 5.00. The Balaban J connectivity index is 1.97. The van der Waals surface area contributed by atoms with Gasteiger partial charge in [-0.15, -0.1) is 0 Å². The zero-order valence-electron chi connectivity index (χ0n) is 12.8. The van der Waals surface area contributed by atoms with Gasteiger partial charge in [0.15, 0.2) is 0 Å². The van der Waals surface area contributed by atoms with Gasteiger partial charge in [0.2, 0.25) is 0 Å². The lowest BCUT2D eigenvalue weighted by Gasteiger charge is -2.40. The van der Waals surface area contributed by atoms with E-state index in [4.69, 9.17) is 0 Å². The molecule has 0 amide bonds. The SMILES string of the molecule is Cc1ncc2c(n1)C1(CCCN(S(=O)(=O)N(C)C)C1)CC2. The van der Waals surface area contributed by atoms with Crippen LogP contribution in [0.4, 0.5) is 0 Å². The summed E-state index contributed by atoms with van der Waals surface area (Å²) >= 11 is 0. The minimum atomic E-state index is -3.35. The van der Waals surface area contributed by atoms with Crippen LogP contribution in [0.2, 0.25) is 0 Å². The van der Waals surface area contributed by atoms with Crippen LogP contribution >= 0.6 is 0 Å². The Morgan fingerprint density at radius 3 is 2.81 bits per heavy atom. The van der Waals surface area contributed by atoms with Crippen LogP contribution in [-0.4, -0.2) is 54.2 Å². The number of aromatic nitrogens is 2. The van der Waals surface area contributed by atoms with Crippen LogP contribution in [0, 0.1) is 6.92 Å². The fraction of sp³-hybridized carbons (Fsp3) is 0.714. The quantitative estimate of drug-likeness (QED) is 0.813. The monoisotopic (exact) mass is 310 g/mol. The van der Waals surface area contributed by atoms with E-state index in [1.165, 1.54) is 9.87 Å². The van der Waals surface area contributed by atoms with Gasteiger partial charge >= 0.3 is 0 Å².